The van der Waals surface area contributed by atoms with Gasteiger partial charge in [-0.05, 0) is 43.2 Å². The fourth-order valence-electron chi connectivity index (χ4n) is 3.97. The van der Waals surface area contributed by atoms with Crippen LogP contribution in [0, 0.1) is 23.7 Å². The Bertz CT molecular complexity index is 1240. The number of amides is 2. The minimum Gasteiger partial charge on any atom is -0.487 e. The Morgan fingerprint density at radius 2 is 1.92 bits per heavy atom. The predicted molar refractivity (Wildman–Crippen MR) is 145 cm³/mol. The summed E-state index contributed by atoms with van der Waals surface area (Å²) in [4.78, 5) is 14.4. The zero-order valence-electron chi connectivity index (χ0n) is 22.1. The van der Waals surface area contributed by atoms with Gasteiger partial charge in [0.05, 0.1) is 13.2 Å². The number of ether oxygens (including phenoxy) is 1. The van der Waals surface area contributed by atoms with Gasteiger partial charge in [0.25, 0.3) is 0 Å². The molecular weight excluding hydrogens is 490 g/mol. The topological polar surface area (TPSA) is 99.2 Å². The lowest BCUT2D eigenvalue weighted by molar-refractivity contribution is 0.0830. The molecule has 2 aromatic rings. The van der Waals surface area contributed by atoms with Crippen LogP contribution in [-0.2, 0) is 10.0 Å². The predicted octanol–water partition coefficient (Wildman–Crippen LogP) is 4.02. The molecule has 0 unspecified atom stereocenters. The molecule has 0 spiro atoms. The second kappa shape index (κ2) is 12.5. The molecule has 0 aliphatic carbocycles. The number of aliphatic hydroxyl groups excluding tert-OH is 1. The second-order valence-corrected chi connectivity index (χ2v) is 11.8. The van der Waals surface area contributed by atoms with Gasteiger partial charge in [0.2, 0.25) is 10.0 Å². The number of hydrogen-bond acceptors (Lipinski definition) is 5. The lowest BCUT2D eigenvalue weighted by atomic mass is 10.0. The molecule has 8 nitrogen and oxygen atoms in total. The Balaban J connectivity index is 1.95. The number of likely N-dealkylation sites (N-methyl/N-ethyl adjacent to an activating group) is 1. The first-order valence-electron chi connectivity index (χ1n) is 12.5. The van der Waals surface area contributed by atoms with Crippen molar-refractivity contribution >= 4 is 21.7 Å². The van der Waals surface area contributed by atoms with E-state index in [1.165, 1.54) is 15.3 Å². The molecule has 2 amide bonds. The van der Waals surface area contributed by atoms with Crippen molar-refractivity contribution in [2.75, 3.05) is 32.1 Å². The molecule has 0 radical (unpaired) electrons. The summed E-state index contributed by atoms with van der Waals surface area (Å²) >= 11 is 0. The summed E-state index contributed by atoms with van der Waals surface area (Å²) in [5.74, 6) is 6.55. The van der Waals surface area contributed by atoms with Gasteiger partial charge in [-0.1, -0.05) is 50.8 Å². The Hall–Kier alpha value is -3.06. The van der Waals surface area contributed by atoms with Gasteiger partial charge in [-0.3, -0.25) is 0 Å². The number of hydrogen-bond donors (Lipinski definition) is 2. The Labute approximate surface area is 220 Å². The summed E-state index contributed by atoms with van der Waals surface area (Å²) in [5.41, 5.74) is 1.33. The first-order valence-corrected chi connectivity index (χ1v) is 14.0. The molecule has 0 fully saturated rings. The number of fused-ring (bicyclic) bond motifs is 1. The number of para-hydroxylation sites is 1. The van der Waals surface area contributed by atoms with Crippen molar-refractivity contribution in [1.29, 1.82) is 0 Å². The maximum Gasteiger partial charge on any atom is 0.321 e. The number of aliphatic hydroxyl groups is 1. The molecule has 3 rings (SSSR count). The number of sulfonamides is 1. The van der Waals surface area contributed by atoms with E-state index in [-0.39, 0.29) is 42.3 Å². The first-order chi connectivity index (χ1) is 17.5. The van der Waals surface area contributed by atoms with E-state index in [1.54, 1.807) is 38.2 Å². The van der Waals surface area contributed by atoms with Crippen molar-refractivity contribution in [3.8, 4) is 17.6 Å². The Morgan fingerprint density at radius 1 is 1.22 bits per heavy atom. The number of urea groups is 1. The molecule has 2 aromatic carbocycles. The maximum absolute atomic E-state index is 13.6. The minimum absolute atomic E-state index is 0.0236. The summed E-state index contributed by atoms with van der Waals surface area (Å²) < 4.78 is 34.9. The summed E-state index contributed by atoms with van der Waals surface area (Å²) in [6.07, 6.45) is 0.215. The Kier molecular flexibility index (Phi) is 9.60. The monoisotopic (exact) mass is 527 g/mol. The fourth-order valence-corrected chi connectivity index (χ4v) is 5.80. The molecule has 1 aliphatic rings. The van der Waals surface area contributed by atoms with Crippen molar-refractivity contribution in [2.24, 2.45) is 11.8 Å². The summed E-state index contributed by atoms with van der Waals surface area (Å²) in [7, 11) is -2.27. The van der Waals surface area contributed by atoms with Gasteiger partial charge in [-0.2, -0.15) is 4.31 Å². The highest BCUT2D eigenvalue weighted by Crippen LogP contribution is 2.34. The van der Waals surface area contributed by atoms with E-state index in [0.29, 0.717) is 17.2 Å². The van der Waals surface area contributed by atoms with E-state index < -0.39 is 22.2 Å². The number of anilines is 1. The molecule has 2 N–H and O–H groups in total. The largest absolute Gasteiger partial charge is 0.487 e. The Morgan fingerprint density at radius 3 is 2.57 bits per heavy atom. The summed E-state index contributed by atoms with van der Waals surface area (Å²) in [6.45, 7) is 7.77. The van der Waals surface area contributed by atoms with Crippen molar-refractivity contribution in [3.63, 3.8) is 0 Å². The lowest BCUT2D eigenvalue weighted by Crippen LogP contribution is -2.50. The minimum atomic E-state index is -3.94. The van der Waals surface area contributed by atoms with Crippen LogP contribution in [0.4, 0.5) is 10.5 Å². The van der Waals surface area contributed by atoms with Crippen molar-refractivity contribution in [3.05, 3.63) is 54.1 Å². The van der Waals surface area contributed by atoms with E-state index in [9.17, 15) is 18.3 Å². The number of benzene rings is 2. The van der Waals surface area contributed by atoms with Crippen LogP contribution in [0.5, 0.6) is 5.75 Å². The number of carbonyl (C=O) groups excluding carboxylic acids is 1. The number of rotatable bonds is 6. The van der Waals surface area contributed by atoms with Crippen LogP contribution < -0.4 is 10.1 Å². The first kappa shape index (κ1) is 28.5. The van der Waals surface area contributed by atoms with Crippen LogP contribution in [0.25, 0.3) is 0 Å². The zero-order chi connectivity index (χ0) is 27.2. The average Bonchev–Trinajstić information content (AvgIpc) is 2.86. The van der Waals surface area contributed by atoms with Crippen molar-refractivity contribution in [2.45, 2.75) is 51.2 Å². The zero-order valence-corrected chi connectivity index (χ0v) is 23.0. The highest BCUT2D eigenvalue weighted by Gasteiger charge is 2.38. The highest BCUT2D eigenvalue weighted by atomic mass is 32.2. The van der Waals surface area contributed by atoms with E-state index in [4.69, 9.17) is 4.74 Å². The number of nitrogens with zero attached hydrogens (tertiary/aromatic N) is 2. The molecule has 1 aliphatic heterocycles. The summed E-state index contributed by atoms with van der Waals surface area (Å²) in [6, 6.07) is 13.1. The molecule has 9 heteroatoms. The van der Waals surface area contributed by atoms with Crippen LogP contribution in [0.1, 0.15) is 39.7 Å². The third kappa shape index (κ3) is 7.25. The highest BCUT2D eigenvalue weighted by molar-refractivity contribution is 7.89. The third-order valence-corrected chi connectivity index (χ3v) is 8.26. The van der Waals surface area contributed by atoms with Gasteiger partial charge in [0, 0.05) is 43.2 Å². The fraction of sp³-hybridized carbons (Fsp3) is 0.464. The van der Waals surface area contributed by atoms with Gasteiger partial charge in [0.15, 0.2) is 0 Å². The van der Waals surface area contributed by atoms with Gasteiger partial charge < -0.3 is 20.1 Å². The van der Waals surface area contributed by atoms with Gasteiger partial charge >= 0.3 is 6.03 Å². The van der Waals surface area contributed by atoms with E-state index >= 15 is 0 Å². The second-order valence-electron chi connectivity index (χ2n) is 9.98. The van der Waals surface area contributed by atoms with Crippen LogP contribution in [0.3, 0.4) is 0 Å². The van der Waals surface area contributed by atoms with Gasteiger partial charge in [-0.15, -0.1) is 0 Å². The van der Waals surface area contributed by atoms with Crippen LogP contribution in [-0.4, -0.2) is 67.7 Å². The molecule has 0 saturated heterocycles. The third-order valence-electron chi connectivity index (χ3n) is 6.24. The van der Waals surface area contributed by atoms with Crippen molar-refractivity contribution in [1.82, 2.24) is 9.21 Å². The quantitative estimate of drug-likeness (QED) is 0.553. The number of carbonyl (C=O) groups is 1. The van der Waals surface area contributed by atoms with Gasteiger partial charge in [0.1, 0.15) is 16.7 Å². The van der Waals surface area contributed by atoms with E-state index in [2.05, 4.69) is 31.0 Å². The average molecular weight is 528 g/mol. The molecule has 0 aromatic heterocycles. The lowest BCUT2D eigenvalue weighted by Gasteiger charge is -2.37. The van der Waals surface area contributed by atoms with Crippen molar-refractivity contribution < 1.29 is 23.1 Å². The van der Waals surface area contributed by atoms with E-state index in [0.717, 1.165) is 6.42 Å². The normalized spacial score (nSPS) is 19.9. The molecule has 0 saturated carbocycles. The van der Waals surface area contributed by atoms with Crippen LogP contribution >= 0.6 is 0 Å². The van der Waals surface area contributed by atoms with Gasteiger partial charge in [-0.25, -0.2) is 13.2 Å². The number of nitrogens with one attached hydrogen (secondary N) is 1. The molecule has 0 bridgehead atoms. The molecular formula is C28H37N3O5S. The molecule has 37 heavy (non-hydrogen) atoms. The molecule has 3 atom stereocenters. The smallest absolute Gasteiger partial charge is 0.321 e. The standard InChI is InChI=1S/C28H37N3O5S/c1-20(2)10-9-11-23-14-15-27-25(16-23)36-26(21(3)17-31(22(4)19-32)37(27,34)35)18-30(5)28(33)29-24-12-7-6-8-13-24/h6-8,12-16,20-22,26,32H,10,17-19H2,1-5H3,(H,29,33)/t21-,22-,26+/m0/s1. The summed E-state index contributed by atoms with van der Waals surface area (Å²) in [5, 5.41) is 12.7. The SMILES string of the molecule is CC(C)CC#Cc1ccc2c(c1)O[C@H](CN(C)C(=O)Nc1ccccc1)[C@@H](C)CN([C@@H](C)CO)S2(=O)=O. The van der Waals surface area contributed by atoms with Crippen LogP contribution in [0.2, 0.25) is 0 Å². The van der Waals surface area contributed by atoms with Crippen LogP contribution in [0.15, 0.2) is 53.4 Å². The van der Waals surface area contributed by atoms with E-state index in [1.807, 2.05) is 25.1 Å². The maximum atomic E-state index is 13.6. The molecule has 200 valence electrons. The molecule has 1 heterocycles.